The predicted molar refractivity (Wildman–Crippen MR) is 88.4 cm³/mol. The predicted octanol–water partition coefficient (Wildman–Crippen LogP) is 3.83. The van der Waals surface area contributed by atoms with Gasteiger partial charge in [0.05, 0.1) is 6.20 Å². The number of amides is 1. The van der Waals surface area contributed by atoms with Crippen LogP contribution in [0.25, 0.3) is 22.9 Å². The molecule has 0 atom stereocenters. The Kier molecular flexibility index (Phi) is 3.79. The van der Waals surface area contributed by atoms with E-state index in [1.165, 1.54) is 22.1 Å². The summed E-state index contributed by atoms with van der Waals surface area (Å²) in [7, 11) is 1.62. The molecule has 21 heavy (non-hydrogen) atoms. The fourth-order valence-electron chi connectivity index (χ4n) is 2.07. The molecule has 1 N–H and O–H groups in total. The number of nitrogens with one attached hydrogen (secondary N) is 1. The maximum absolute atomic E-state index is 11.5. The minimum absolute atomic E-state index is 0.0992. The Morgan fingerprint density at radius 2 is 1.95 bits per heavy atom. The van der Waals surface area contributed by atoms with Crippen molar-refractivity contribution >= 4 is 40.2 Å². The number of rotatable bonds is 3. The van der Waals surface area contributed by atoms with Crippen molar-refractivity contribution in [2.75, 3.05) is 7.05 Å². The number of benzene rings is 2. The van der Waals surface area contributed by atoms with Crippen LogP contribution in [0.2, 0.25) is 0 Å². The van der Waals surface area contributed by atoms with Crippen molar-refractivity contribution in [3.05, 3.63) is 64.1 Å². The Hall–Kier alpha value is -2.46. The van der Waals surface area contributed by atoms with Gasteiger partial charge in [-0.05, 0) is 28.5 Å². The summed E-state index contributed by atoms with van der Waals surface area (Å²) in [5, 5.41) is 5.86. The van der Waals surface area contributed by atoms with E-state index in [4.69, 9.17) is 0 Å². The summed E-state index contributed by atoms with van der Waals surface area (Å²) < 4.78 is 0. The van der Waals surface area contributed by atoms with Crippen LogP contribution in [-0.4, -0.2) is 17.9 Å². The molecule has 0 aliphatic heterocycles. The van der Waals surface area contributed by atoms with Gasteiger partial charge in [-0.1, -0.05) is 42.5 Å². The first kappa shape index (κ1) is 13.5. The Bertz CT molecular complexity index is 820. The molecule has 0 spiro atoms. The lowest BCUT2D eigenvalue weighted by atomic mass is 10.1. The zero-order chi connectivity index (χ0) is 14.7. The summed E-state index contributed by atoms with van der Waals surface area (Å²) >= 11 is 1.38. The van der Waals surface area contributed by atoms with E-state index in [9.17, 15) is 4.79 Å². The summed E-state index contributed by atoms with van der Waals surface area (Å²) in [6, 6.07) is 14.6. The van der Waals surface area contributed by atoms with Crippen molar-refractivity contribution in [2.45, 2.75) is 0 Å². The van der Waals surface area contributed by atoms with E-state index in [1.54, 1.807) is 13.2 Å². The molecular formula is C17H14N2OS. The van der Waals surface area contributed by atoms with Crippen LogP contribution >= 0.6 is 11.3 Å². The second-order valence-electron chi connectivity index (χ2n) is 4.58. The van der Waals surface area contributed by atoms with Gasteiger partial charge in [0, 0.05) is 7.05 Å². The van der Waals surface area contributed by atoms with Gasteiger partial charge in [-0.2, -0.15) is 0 Å². The summed E-state index contributed by atoms with van der Waals surface area (Å²) in [6.07, 6.45) is 5.55. The molecule has 0 saturated heterocycles. The van der Waals surface area contributed by atoms with Crippen LogP contribution < -0.4 is 5.32 Å². The van der Waals surface area contributed by atoms with Gasteiger partial charge in [-0.25, -0.2) is 4.98 Å². The average molecular weight is 294 g/mol. The summed E-state index contributed by atoms with van der Waals surface area (Å²) in [6.45, 7) is 0. The number of hydrogen-bond acceptors (Lipinski definition) is 3. The molecule has 3 aromatic rings. The number of nitrogens with zero attached hydrogens (tertiary/aromatic N) is 1. The molecule has 3 rings (SSSR count). The molecule has 104 valence electrons. The van der Waals surface area contributed by atoms with Crippen LogP contribution in [0.3, 0.4) is 0 Å². The van der Waals surface area contributed by atoms with E-state index in [0.717, 1.165) is 10.6 Å². The van der Waals surface area contributed by atoms with E-state index in [0.29, 0.717) is 4.88 Å². The number of hydrogen-bond donors (Lipinski definition) is 1. The molecule has 3 nitrogen and oxygen atoms in total. The van der Waals surface area contributed by atoms with Crippen molar-refractivity contribution in [2.24, 2.45) is 0 Å². The molecule has 4 heteroatoms. The third kappa shape index (κ3) is 3.01. The van der Waals surface area contributed by atoms with E-state index in [1.807, 2.05) is 24.3 Å². The maximum atomic E-state index is 11.5. The minimum atomic E-state index is -0.0992. The molecule has 0 unspecified atom stereocenters. The van der Waals surface area contributed by atoms with Crippen LogP contribution in [0.1, 0.15) is 20.2 Å². The second kappa shape index (κ2) is 5.89. The molecule has 1 aromatic heterocycles. The van der Waals surface area contributed by atoms with E-state index in [-0.39, 0.29) is 5.91 Å². The van der Waals surface area contributed by atoms with Gasteiger partial charge in [0.15, 0.2) is 0 Å². The minimum Gasteiger partial charge on any atom is -0.354 e. The number of aromatic nitrogens is 1. The first-order chi connectivity index (χ1) is 10.3. The van der Waals surface area contributed by atoms with Gasteiger partial charge in [-0.3, -0.25) is 4.79 Å². The van der Waals surface area contributed by atoms with Crippen molar-refractivity contribution < 1.29 is 4.79 Å². The summed E-state index contributed by atoms with van der Waals surface area (Å²) in [4.78, 5) is 16.3. The maximum Gasteiger partial charge on any atom is 0.262 e. The Balaban J connectivity index is 1.84. The van der Waals surface area contributed by atoms with Crippen LogP contribution in [0, 0.1) is 0 Å². The van der Waals surface area contributed by atoms with Gasteiger partial charge in [0.2, 0.25) is 0 Å². The quantitative estimate of drug-likeness (QED) is 0.797. The molecule has 2 aromatic carbocycles. The van der Waals surface area contributed by atoms with Crippen LogP contribution in [0.4, 0.5) is 0 Å². The standard InChI is InChI=1S/C17H14N2OS/c1-18-17(20)15-11-19-16(21-15)9-7-12-6-8-13-4-2-3-5-14(13)10-12/h2-11H,1H3,(H,18,20)/b9-7+. The van der Waals surface area contributed by atoms with E-state index >= 15 is 0 Å². The molecule has 0 saturated carbocycles. The van der Waals surface area contributed by atoms with Crippen LogP contribution in [0.15, 0.2) is 48.7 Å². The van der Waals surface area contributed by atoms with Crippen LogP contribution in [-0.2, 0) is 0 Å². The third-order valence-electron chi connectivity index (χ3n) is 3.17. The number of carbonyl (C=O) groups is 1. The highest BCUT2D eigenvalue weighted by Gasteiger charge is 2.06. The number of fused-ring (bicyclic) bond motifs is 1. The first-order valence-electron chi connectivity index (χ1n) is 6.61. The molecular weight excluding hydrogens is 280 g/mol. The third-order valence-corrected chi connectivity index (χ3v) is 4.13. The van der Waals surface area contributed by atoms with E-state index < -0.39 is 0 Å². The van der Waals surface area contributed by atoms with Gasteiger partial charge >= 0.3 is 0 Å². The smallest absolute Gasteiger partial charge is 0.262 e. The monoisotopic (exact) mass is 294 g/mol. The molecule has 0 aliphatic rings. The Morgan fingerprint density at radius 3 is 2.76 bits per heavy atom. The lowest BCUT2D eigenvalue weighted by molar-refractivity contribution is 0.0967. The fraction of sp³-hybridized carbons (Fsp3) is 0.0588. The molecule has 0 radical (unpaired) electrons. The molecule has 0 fully saturated rings. The highest BCUT2D eigenvalue weighted by Crippen LogP contribution is 2.19. The fourth-order valence-corrected chi connectivity index (χ4v) is 2.84. The second-order valence-corrected chi connectivity index (χ2v) is 5.64. The summed E-state index contributed by atoms with van der Waals surface area (Å²) in [5.41, 5.74) is 1.12. The Morgan fingerprint density at radius 1 is 1.14 bits per heavy atom. The normalized spacial score (nSPS) is 11.1. The van der Waals surface area contributed by atoms with Crippen molar-refractivity contribution in [1.82, 2.24) is 10.3 Å². The topological polar surface area (TPSA) is 42.0 Å². The average Bonchev–Trinajstić information content (AvgIpc) is 3.01. The van der Waals surface area contributed by atoms with Crippen molar-refractivity contribution in [3.63, 3.8) is 0 Å². The molecule has 1 amide bonds. The van der Waals surface area contributed by atoms with Crippen LogP contribution in [0.5, 0.6) is 0 Å². The highest BCUT2D eigenvalue weighted by molar-refractivity contribution is 7.14. The van der Waals surface area contributed by atoms with Gasteiger partial charge in [-0.15, -0.1) is 11.3 Å². The highest BCUT2D eigenvalue weighted by atomic mass is 32.1. The van der Waals surface area contributed by atoms with Crippen molar-refractivity contribution in [1.29, 1.82) is 0 Å². The molecule has 0 aliphatic carbocycles. The van der Waals surface area contributed by atoms with E-state index in [2.05, 4.69) is 40.6 Å². The zero-order valence-corrected chi connectivity index (χ0v) is 12.4. The Labute approximate surface area is 127 Å². The molecule has 0 bridgehead atoms. The van der Waals surface area contributed by atoms with Crippen molar-refractivity contribution in [3.8, 4) is 0 Å². The van der Waals surface area contributed by atoms with Gasteiger partial charge in [0.1, 0.15) is 9.88 Å². The number of thiazole rings is 1. The van der Waals surface area contributed by atoms with Gasteiger partial charge < -0.3 is 5.32 Å². The largest absolute Gasteiger partial charge is 0.354 e. The lowest BCUT2D eigenvalue weighted by Crippen LogP contribution is -2.16. The lowest BCUT2D eigenvalue weighted by Gasteiger charge is -1.98. The summed E-state index contributed by atoms with van der Waals surface area (Å²) in [5.74, 6) is -0.0992. The first-order valence-corrected chi connectivity index (χ1v) is 7.43. The molecule has 1 heterocycles. The zero-order valence-electron chi connectivity index (χ0n) is 11.5. The SMILES string of the molecule is CNC(=O)c1cnc(/C=C/c2ccc3ccccc3c2)s1. The number of carbonyl (C=O) groups excluding carboxylic acids is 1. The van der Waals surface area contributed by atoms with Gasteiger partial charge in [0.25, 0.3) is 5.91 Å².